The first-order valence-electron chi connectivity index (χ1n) is 9.52. The summed E-state index contributed by atoms with van der Waals surface area (Å²) in [5, 5.41) is 17.6. The third-order valence-electron chi connectivity index (χ3n) is 5.06. The zero-order valence-electron chi connectivity index (χ0n) is 15.8. The van der Waals surface area contributed by atoms with Crippen LogP contribution in [0.3, 0.4) is 0 Å². The second-order valence-corrected chi connectivity index (χ2v) is 8.14. The molecule has 148 valence electrons. The highest BCUT2D eigenvalue weighted by Crippen LogP contribution is 2.31. The van der Waals surface area contributed by atoms with E-state index >= 15 is 0 Å². The molecule has 0 atom stereocenters. The van der Waals surface area contributed by atoms with E-state index in [0.717, 1.165) is 49.7 Å². The molecule has 0 unspecified atom stereocenters. The van der Waals surface area contributed by atoms with Crippen LogP contribution in [0.1, 0.15) is 35.3 Å². The monoisotopic (exact) mass is 401 g/mol. The van der Waals surface area contributed by atoms with Crippen LogP contribution in [-0.4, -0.2) is 48.0 Å². The molecule has 1 aliphatic heterocycles. The maximum absolute atomic E-state index is 12.3. The molecule has 0 radical (unpaired) electrons. The Bertz CT molecular complexity index is 895. The quantitative estimate of drug-likeness (QED) is 0.612. The van der Waals surface area contributed by atoms with Crippen molar-refractivity contribution in [1.29, 1.82) is 0 Å². The number of anilines is 2. The van der Waals surface area contributed by atoms with Gasteiger partial charge in [0.05, 0.1) is 10.6 Å². The van der Waals surface area contributed by atoms with Crippen LogP contribution in [0.15, 0.2) is 23.6 Å². The second kappa shape index (κ2) is 7.75. The fourth-order valence-corrected chi connectivity index (χ4v) is 4.27. The molecule has 2 heterocycles. The van der Waals surface area contributed by atoms with Crippen LogP contribution in [0, 0.1) is 17.0 Å². The van der Waals surface area contributed by atoms with Gasteiger partial charge in [-0.25, -0.2) is 4.98 Å². The first-order chi connectivity index (χ1) is 13.5. The number of carbonyl (C=O) groups is 1. The maximum Gasteiger partial charge on any atom is 0.293 e. The minimum atomic E-state index is -0.393. The number of thiazole rings is 1. The summed E-state index contributed by atoms with van der Waals surface area (Å²) >= 11 is 1.63. The lowest BCUT2D eigenvalue weighted by Crippen LogP contribution is -2.31. The molecule has 1 saturated heterocycles. The van der Waals surface area contributed by atoms with Gasteiger partial charge in [-0.1, -0.05) is 0 Å². The third-order valence-corrected chi connectivity index (χ3v) is 6.08. The molecular formula is C19H23N5O3S. The molecule has 2 aromatic rings. The summed E-state index contributed by atoms with van der Waals surface area (Å²) in [5.74, 6) is -0.238. The van der Waals surface area contributed by atoms with E-state index in [0.29, 0.717) is 17.8 Å². The van der Waals surface area contributed by atoms with Gasteiger partial charge in [-0.2, -0.15) is 0 Å². The number of nitro benzene ring substituents is 1. The number of nitrogens with one attached hydrogen (secondary N) is 1. The van der Waals surface area contributed by atoms with Gasteiger partial charge in [-0.3, -0.25) is 14.9 Å². The molecule has 2 aliphatic rings. The van der Waals surface area contributed by atoms with E-state index in [4.69, 9.17) is 0 Å². The highest BCUT2D eigenvalue weighted by Gasteiger charge is 2.27. The number of nitrogens with zero attached hydrogens (tertiary/aromatic N) is 4. The number of carbonyl (C=O) groups excluding carboxylic acids is 1. The number of rotatable bonds is 5. The van der Waals surface area contributed by atoms with Crippen molar-refractivity contribution in [3.63, 3.8) is 0 Å². The molecule has 4 rings (SSSR count). The van der Waals surface area contributed by atoms with Crippen molar-refractivity contribution in [1.82, 2.24) is 10.3 Å². The Kier molecular flexibility index (Phi) is 5.17. The highest BCUT2D eigenvalue weighted by molar-refractivity contribution is 7.13. The predicted octanol–water partition coefficient (Wildman–Crippen LogP) is 2.97. The van der Waals surface area contributed by atoms with Crippen molar-refractivity contribution >= 4 is 33.8 Å². The molecule has 9 heteroatoms. The lowest BCUT2D eigenvalue weighted by Gasteiger charge is -2.23. The van der Waals surface area contributed by atoms with Crippen LogP contribution in [-0.2, 0) is 0 Å². The molecule has 0 spiro atoms. The SMILES string of the molecule is Cc1csc(N2CCCN(c3ccc(C(=O)NC4CC4)cc3[N+](=O)[O-])CC2)n1. The van der Waals surface area contributed by atoms with Crippen LogP contribution in [0.4, 0.5) is 16.5 Å². The lowest BCUT2D eigenvalue weighted by molar-refractivity contribution is -0.384. The standard InChI is InChI=1S/C19H23N5O3S/c1-13-12-28-19(20-13)23-8-2-7-22(9-10-23)16-6-3-14(11-17(16)24(26)27)18(25)21-15-4-5-15/h3,6,11-12,15H,2,4-5,7-10H2,1H3,(H,21,25). The van der Waals surface area contributed by atoms with Gasteiger partial charge in [0.25, 0.3) is 11.6 Å². The summed E-state index contributed by atoms with van der Waals surface area (Å²) in [7, 11) is 0. The average Bonchev–Trinajstić information content (AvgIpc) is 3.44. The lowest BCUT2D eigenvalue weighted by atomic mass is 10.1. The van der Waals surface area contributed by atoms with Crippen molar-refractivity contribution in [3.05, 3.63) is 45.0 Å². The van der Waals surface area contributed by atoms with E-state index in [2.05, 4.69) is 15.2 Å². The molecule has 8 nitrogen and oxygen atoms in total. The van der Waals surface area contributed by atoms with E-state index < -0.39 is 4.92 Å². The van der Waals surface area contributed by atoms with Gasteiger partial charge in [0.15, 0.2) is 5.13 Å². The zero-order chi connectivity index (χ0) is 19.7. The van der Waals surface area contributed by atoms with E-state index in [1.807, 2.05) is 17.2 Å². The van der Waals surface area contributed by atoms with Crippen LogP contribution < -0.4 is 15.1 Å². The average molecular weight is 401 g/mol. The first-order valence-corrected chi connectivity index (χ1v) is 10.4. The number of amides is 1. The van der Waals surface area contributed by atoms with Gasteiger partial charge in [0.1, 0.15) is 5.69 Å². The van der Waals surface area contributed by atoms with E-state index in [9.17, 15) is 14.9 Å². The fourth-order valence-electron chi connectivity index (χ4n) is 3.41. The minimum Gasteiger partial charge on any atom is -0.364 e. The zero-order valence-corrected chi connectivity index (χ0v) is 16.6. The van der Waals surface area contributed by atoms with Gasteiger partial charge in [0.2, 0.25) is 0 Å². The summed E-state index contributed by atoms with van der Waals surface area (Å²) in [6.07, 6.45) is 2.85. The first kappa shape index (κ1) is 18.7. The molecule has 1 amide bonds. The predicted molar refractivity (Wildman–Crippen MR) is 109 cm³/mol. The Morgan fingerprint density at radius 1 is 1.25 bits per heavy atom. The van der Waals surface area contributed by atoms with Gasteiger partial charge in [-0.15, -0.1) is 11.3 Å². The van der Waals surface area contributed by atoms with Gasteiger partial charge in [0, 0.05) is 49.2 Å². The van der Waals surface area contributed by atoms with Gasteiger partial charge in [-0.05, 0) is 38.3 Å². The third kappa shape index (κ3) is 4.09. The topological polar surface area (TPSA) is 91.6 Å². The number of hydrogen-bond donors (Lipinski definition) is 1. The van der Waals surface area contributed by atoms with Crippen LogP contribution in [0.2, 0.25) is 0 Å². The summed E-state index contributed by atoms with van der Waals surface area (Å²) < 4.78 is 0. The molecule has 1 aliphatic carbocycles. The van der Waals surface area contributed by atoms with E-state index in [1.54, 1.807) is 23.5 Å². The Morgan fingerprint density at radius 2 is 2.00 bits per heavy atom. The van der Waals surface area contributed by atoms with Gasteiger partial charge < -0.3 is 15.1 Å². The summed E-state index contributed by atoms with van der Waals surface area (Å²) in [6, 6.07) is 5.02. The molecule has 1 N–H and O–H groups in total. The molecule has 0 bridgehead atoms. The Hall–Kier alpha value is -2.68. The van der Waals surface area contributed by atoms with Gasteiger partial charge >= 0.3 is 0 Å². The Labute approximate surface area is 167 Å². The maximum atomic E-state index is 12.3. The summed E-state index contributed by atoms with van der Waals surface area (Å²) in [5.41, 5.74) is 1.92. The fraction of sp³-hybridized carbons (Fsp3) is 0.474. The minimum absolute atomic E-state index is 0.0120. The molecule has 1 aromatic carbocycles. The molecular weight excluding hydrogens is 378 g/mol. The van der Waals surface area contributed by atoms with Crippen molar-refractivity contribution in [3.8, 4) is 0 Å². The van der Waals surface area contributed by atoms with Crippen molar-refractivity contribution in [2.24, 2.45) is 0 Å². The number of hydrogen-bond acceptors (Lipinski definition) is 7. The number of aryl methyl sites for hydroxylation is 1. The number of benzene rings is 1. The summed E-state index contributed by atoms with van der Waals surface area (Å²) in [4.78, 5) is 32.4. The molecule has 1 saturated carbocycles. The van der Waals surface area contributed by atoms with Crippen LogP contribution >= 0.6 is 11.3 Å². The highest BCUT2D eigenvalue weighted by atomic mass is 32.1. The molecule has 2 fully saturated rings. The van der Waals surface area contributed by atoms with E-state index in [1.165, 1.54) is 6.07 Å². The van der Waals surface area contributed by atoms with Crippen LogP contribution in [0.25, 0.3) is 0 Å². The van der Waals surface area contributed by atoms with Crippen LogP contribution in [0.5, 0.6) is 0 Å². The van der Waals surface area contributed by atoms with Crippen molar-refractivity contribution < 1.29 is 9.72 Å². The van der Waals surface area contributed by atoms with Crippen molar-refractivity contribution in [2.75, 3.05) is 36.0 Å². The van der Waals surface area contributed by atoms with E-state index in [-0.39, 0.29) is 17.6 Å². The Morgan fingerprint density at radius 3 is 2.68 bits per heavy atom. The normalized spacial score (nSPS) is 17.3. The number of aromatic nitrogens is 1. The largest absolute Gasteiger partial charge is 0.364 e. The second-order valence-electron chi connectivity index (χ2n) is 7.31. The molecule has 1 aromatic heterocycles. The molecule has 28 heavy (non-hydrogen) atoms. The van der Waals surface area contributed by atoms with Crippen molar-refractivity contribution in [2.45, 2.75) is 32.2 Å². The Balaban J connectivity index is 1.52. The summed E-state index contributed by atoms with van der Waals surface area (Å²) in [6.45, 7) is 5.02. The smallest absolute Gasteiger partial charge is 0.293 e. The number of nitro groups is 1.